The molecule has 0 saturated heterocycles. The summed E-state index contributed by atoms with van der Waals surface area (Å²) in [5, 5.41) is 10.9. The average Bonchev–Trinajstić information content (AvgIpc) is 2.04. The smallest absolute Gasteiger partial charge is 0.154 e. The number of nitrogens with two attached hydrogens (primary N) is 1. The van der Waals surface area contributed by atoms with Crippen molar-refractivity contribution in [3.63, 3.8) is 0 Å². The topological polar surface area (TPSA) is 92.1 Å². The fourth-order valence-electron chi connectivity index (χ4n) is 0.607. The van der Waals surface area contributed by atoms with Crippen molar-refractivity contribution in [2.75, 3.05) is 5.73 Å². The van der Waals surface area contributed by atoms with E-state index in [0.717, 1.165) is 0 Å². The molecule has 11 heavy (non-hydrogen) atoms. The predicted molar refractivity (Wildman–Crippen MR) is 38.8 cm³/mol. The molecule has 0 aliphatic heterocycles. The van der Waals surface area contributed by atoms with Gasteiger partial charge in [-0.1, -0.05) is 0 Å². The number of nitriles is 1. The maximum atomic E-state index is 9.97. The monoisotopic (exact) mass is 148 g/mol. The van der Waals surface area contributed by atoms with Gasteiger partial charge in [0.2, 0.25) is 0 Å². The van der Waals surface area contributed by atoms with Crippen LogP contribution >= 0.6 is 0 Å². The van der Waals surface area contributed by atoms with Gasteiger partial charge in [0.25, 0.3) is 0 Å². The van der Waals surface area contributed by atoms with E-state index >= 15 is 0 Å². The minimum absolute atomic E-state index is 0.0148. The first-order valence-electron chi connectivity index (χ1n) is 2.78. The molecule has 1 aromatic rings. The van der Waals surface area contributed by atoms with Crippen molar-refractivity contribution in [1.82, 2.24) is 4.98 Å². The highest BCUT2D eigenvalue weighted by molar-refractivity contribution is 5.57. The molecule has 0 aromatic carbocycles. The van der Waals surface area contributed by atoms with Gasteiger partial charge in [-0.2, -0.15) is 5.26 Å². The molecule has 0 bridgehead atoms. The number of hydrogen-bond acceptors (Lipinski definition) is 5. The van der Waals surface area contributed by atoms with Crippen molar-refractivity contribution in [1.29, 1.82) is 5.26 Å². The lowest BCUT2D eigenvalue weighted by Gasteiger charge is -1.93. The first-order valence-corrected chi connectivity index (χ1v) is 2.78. The van der Waals surface area contributed by atoms with E-state index in [0.29, 0.717) is 0 Å². The van der Waals surface area contributed by atoms with Crippen LogP contribution in [0.2, 0.25) is 0 Å². The number of nitrogen functional groups attached to an aromatic ring is 1. The van der Waals surface area contributed by atoms with Gasteiger partial charge in [0, 0.05) is 0 Å². The highest BCUT2D eigenvalue weighted by Gasteiger charge is 2.00. The molecule has 5 nitrogen and oxygen atoms in total. The number of aromatic nitrogens is 1. The molecule has 0 fully saturated rings. The standard InChI is InChI=1S/C6H4N4O/c7-3-4-1-2-5(10-11)6(8)9-4/h1-2H,(H2,8,9). The number of nitroso groups, excluding NO2 is 1. The van der Waals surface area contributed by atoms with Gasteiger partial charge in [-0.05, 0) is 17.3 Å². The summed E-state index contributed by atoms with van der Waals surface area (Å²) in [5.74, 6) is -0.0148. The quantitative estimate of drug-likeness (QED) is 0.599. The maximum Gasteiger partial charge on any atom is 0.154 e. The number of anilines is 1. The van der Waals surface area contributed by atoms with Gasteiger partial charge in [-0.25, -0.2) is 4.98 Å². The van der Waals surface area contributed by atoms with Crippen molar-refractivity contribution in [2.24, 2.45) is 5.18 Å². The molecule has 0 radical (unpaired) electrons. The Hall–Kier alpha value is -1.96. The van der Waals surface area contributed by atoms with Crippen LogP contribution in [0.25, 0.3) is 0 Å². The van der Waals surface area contributed by atoms with E-state index in [9.17, 15) is 4.91 Å². The van der Waals surface area contributed by atoms with Crippen LogP contribution in [0, 0.1) is 16.2 Å². The lowest BCUT2D eigenvalue weighted by Crippen LogP contribution is -1.92. The van der Waals surface area contributed by atoms with E-state index in [-0.39, 0.29) is 17.2 Å². The van der Waals surface area contributed by atoms with E-state index in [1.165, 1.54) is 12.1 Å². The zero-order chi connectivity index (χ0) is 8.27. The SMILES string of the molecule is N#Cc1ccc(N=O)c(N)n1. The molecule has 0 aliphatic carbocycles. The minimum atomic E-state index is -0.0148. The summed E-state index contributed by atoms with van der Waals surface area (Å²) in [6.45, 7) is 0. The second kappa shape index (κ2) is 2.75. The predicted octanol–water partition coefficient (Wildman–Crippen LogP) is 0.933. The van der Waals surface area contributed by atoms with Crippen LogP contribution in [-0.4, -0.2) is 4.98 Å². The Kier molecular flexibility index (Phi) is 1.79. The Morgan fingerprint density at radius 1 is 1.64 bits per heavy atom. The Morgan fingerprint density at radius 3 is 2.82 bits per heavy atom. The van der Waals surface area contributed by atoms with Crippen LogP contribution < -0.4 is 5.73 Å². The number of nitrogens with zero attached hydrogens (tertiary/aromatic N) is 3. The van der Waals surface area contributed by atoms with Crippen molar-refractivity contribution in [2.45, 2.75) is 0 Å². The molecule has 0 amide bonds. The molecule has 0 atom stereocenters. The molecular formula is C6H4N4O. The fourth-order valence-corrected chi connectivity index (χ4v) is 0.607. The van der Waals surface area contributed by atoms with Crippen LogP contribution in [0.4, 0.5) is 11.5 Å². The normalized spacial score (nSPS) is 8.64. The Bertz CT molecular complexity index is 328. The van der Waals surface area contributed by atoms with Gasteiger partial charge in [0.15, 0.2) is 5.82 Å². The summed E-state index contributed by atoms with van der Waals surface area (Å²) in [6, 6.07) is 4.52. The first-order chi connectivity index (χ1) is 5.27. The van der Waals surface area contributed by atoms with E-state index < -0.39 is 0 Å². The van der Waals surface area contributed by atoms with Crippen molar-refractivity contribution in [3.05, 3.63) is 22.7 Å². The molecule has 0 aliphatic rings. The molecule has 5 heteroatoms. The Labute approximate surface area is 62.4 Å². The van der Waals surface area contributed by atoms with Crippen LogP contribution in [0.5, 0.6) is 0 Å². The lowest BCUT2D eigenvalue weighted by molar-refractivity contribution is 1.26. The Morgan fingerprint density at radius 2 is 2.36 bits per heavy atom. The number of pyridine rings is 1. The van der Waals surface area contributed by atoms with Gasteiger partial charge in [-0.15, -0.1) is 4.91 Å². The second-order valence-corrected chi connectivity index (χ2v) is 1.80. The third-order valence-electron chi connectivity index (χ3n) is 1.12. The van der Waals surface area contributed by atoms with Gasteiger partial charge >= 0.3 is 0 Å². The number of rotatable bonds is 1. The highest BCUT2D eigenvalue weighted by Crippen LogP contribution is 2.18. The van der Waals surface area contributed by atoms with Gasteiger partial charge in [-0.3, -0.25) is 0 Å². The van der Waals surface area contributed by atoms with Crippen molar-refractivity contribution >= 4 is 11.5 Å². The van der Waals surface area contributed by atoms with Gasteiger partial charge in [0.05, 0.1) is 0 Å². The van der Waals surface area contributed by atoms with Crippen molar-refractivity contribution < 1.29 is 0 Å². The highest BCUT2D eigenvalue weighted by atomic mass is 16.3. The summed E-state index contributed by atoms with van der Waals surface area (Å²) in [4.78, 5) is 13.6. The van der Waals surface area contributed by atoms with Crippen LogP contribution in [0.15, 0.2) is 17.3 Å². The van der Waals surface area contributed by atoms with Crippen LogP contribution in [0.3, 0.4) is 0 Å². The molecule has 0 spiro atoms. The van der Waals surface area contributed by atoms with E-state index in [1.807, 2.05) is 0 Å². The lowest BCUT2D eigenvalue weighted by atomic mass is 10.3. The van der Waals surface area contributed by atoms with Gasteiger partial charge < -0.3 is 5.73 Å². The summed E-state index contributed by atoms with van der Waals surface area (Å²) in [5.41, 5.74) is 5.49. The third-order valence-corrected chi connectivity index (χ3v) is 1.12. The largest absolute Gasteiger partial charge is 0.382 e. The van der Waals surface area contributed by atoms with Crippen LogP contribution in [0.1, 0.15) is 5.69 Å². The molecule has 0 unspecified atom stereocenters. The zero-order valence-corrected chi connectivity index (χ0v) is 5.48. The molecule has 1 heterocycles. The second-order valence-electron chi connectivity index (χ2n) is 1.80. The molecular weight excluding hydrogens is 144 g/mol. The first kappa shape index (κ1) is 7.15. The molecule has 54 valence electrons. The summed E-state index contributed by atoms with van der Waals surface area (Å²) in [6.07, 6.45) is 0. The minimum Gasteiger partial charge on any atom is -0.382 e. The summed E-state index contributed by atoms with van der Waals surface area (Å²) < 4.78 is 0. The summed E-state index contributed by atoms with van der Waals surface area (Å²) >= 11 is 0. The van der Waals surface area contributed by atoms with Crippen molar-refractivity contribution in [3.8, 4) is 6.07 Å². The fraction of sp³-hybridized carbons (Fsp3) is 0. The van der Waals surface area contributed by atoms with E-state index in [2.05, 4.69) is 10.2 Å². The third kappa shape index (κ3) is 1.30. The Balaban J connectivity index is 3.22. The number of hydrogen-bond donors (Lipinski definition) is 1. The maximum absolute atomic E-state index is 9.97. The molecule has 1 rings (SSSR count). The van der Waals surface area contributed by atoms with E-state index in [1.54, 1.807) is 6.07 Å². The molecule has 1 aromatic heterocycles. The molecule has 2 N–H and O–H groups in total. The summed E-state index contributed by atoms with van der Waals surface area (Å²) in [7, 11) is 0. The average molecular weight is 148 g/mol. The van der Waals surface area contributed by atoms with E-state index in [4.69, 9.17) is 11.0 Å². The van der Waals surface area contributed by atoms with Crippen LogP contribution in [-0.2, 0) is 0 Å². The zero-order valence-electron chi connectivity index (χ0n) is 5.48. The van der Waals surface area contributed by atoms with Gasteiger partial charge in [0.1, 0.15) is 17.5 Å². The molecule has 0 saturated carbocycles.